The number of nitrogens with two attached hydrogens (primary N) is 1. The molecule has 0 saturated heterocycles. The van der Waals surface area contributed by atoms with Crippen LogP contribution in [0.4, 0.5) is 4.39 Å². The summed E-state index contributed by atoms with van der Waals surface area (Å²) in [6.07, 6.45) is 7.25. The first-order valence-electron chi connectivity index (χ1n) is 10.5. The topological polar surface area (TPSA) is 81.9 Å². The summed E-state index contributed by atoms with van der Waals surface area (Å²) < 4.78 is 32.9. The number of hydrogen-bond acceptors (Lipinski definition) is 5. The highest BCUT2D eigenvalue weighted by molar-refractivity contribution is 5.83. The Balaban J connectivity index is 1.43. The first-order valence-corrected chi connectivity index (χ1v) is 10.5. The molecule has 0 spiro atoms. The number of rotatable bonds is 6. The predicted octanol–water partition coefficient (Wildman–Crippen LogP) is 4.48. The lowest BCUT2D eigenvalue weighted by atomic mass is 9.82. The summed E-state index contributed by atoms with van der Waals surface area (Å²) in [5.74, 6) is 1.46. The third kappa shape index (κ3) is 3.53. The van der Waals surface area contributed by atoms with Gasteiger partial charge < -0.3 is 24.9 Å². The standard InChI is InChI=1S/C24H26FN3O3/c1-13-10-15-16(28-13)4-5-19(22(15)25)31-18-6-9-27-17-11-20(30-12-24(26)7-8-24)23(29-3)14(2)21(17)18/h4-6,9-11,14,21,28H,7-8,12,26H2,1-3H3. The van der Waals surface area contributed by atoms with Gasteiger partial charge in [-0.1, -0.05) is 6.92 Å². The lowest BCUT2D eigenvalue weighted by molar-refractivity contribution is 0.138. The number of methoxy groups -OCH3 is 1. The van der Waals surface area contributed by atoms with Gasteiger partial charge in [-0.15, -0.1) is 0 Å². The Morgan fingerprint density at radius 1 is 1.32 bits per heavy atom. The highest BCUT2D eigenvalue weighted by Gasteiger charge is 2.41. The molecule has 3 aliphatic rings. The summed E-state index contributed by atoms with van der Waals surface area (Å²) in [7, 11) is 1.63. The van der Waals surface area contributed by atoms with E-state index in [1.165, 1.54) is 0 Å². The lowest BCUT2D eigenvalue weighted by Gasteiger charge is -2.33. The molecule has 2 aliphatic carbocycles. The van der Waals surface area contributed by atoms with E-state index in [4.69, 9.17) is 19.9 Å². The molecule has 2 atom stereocenters. The average molecular weight is 423 g/mol. The molecular formula is C24H26FN3O3. The molecule has 3 N–H and O–H groups in total. The highest BCUT2D eigenvalue weighted by Crippen LogP contribution is 2.43. The summed E-state index contributed by atoms with van der Waals surface area (Å²) in [6, 6.07) is 5.25. The smallest absolute Gasteiger partial charge is 0.175 e. The second-order valence-corrected chi connectivity index (χ2v) is 8.66. The number of nitrogens with zero attached hydrogens (tertiary/aromatic N) is 1. The second-order valence-electron chi connectivity index (χ2n) is 8.66. The fourth-order valence-electron chi connectivity index (χ4n) is 4.25. The van der Waals surface area contributed by atoms with Gasteiger partial charge in [0.15, 0.2) is 17.3 Å². The van der Waals surface area contributed by atoms with Crippen molar-refractivity contribution in [2.45, 2.75) is 32.2 Å². The number of nitrogens with one attached hydrogen (secondary N) is 1. The number of fused-ring (bicyclic) bond motifs is 2. The van der Waals surface area contributed by atoms with Crippen molar-refractivity contribution in [1.82, 2.24) is 4.98 Å². The zero-order valence-electron chi connectivity index (χ0n) is 17.9. The molecule has 1 fully saturated rings. The number of H-pyrrole nitrogens is 1. The van der Waals surface area contributed by atoms with Crippen molar-refractivity contribution in [1.29, 1.82) is 0 Å². The molecule has 2 unspecified atom stereocenters. The maximum Gasteiger partial charge on any atom is 0.175 e. The van der Waals surface area contributed by atoms with Crippen LogP contribution in [0.15, 0.2) is 58.3 Å². The van der Waals surface area contributed by atoms with E-state index >= 15 is 4.39 Å². The summed E-state index contributed by atoms with van der Waals surface area (Å²) in [4.78, 5) is 7.67. The third-order valence-corrected chi connectivity index (χ3v) is 6.22. The molecule has 1 aromatic carbocycles. The van der Waals surface area contributed by atoms with Crippen LogP contribution >= 0.6 is 0 Å². The minimum Gasteiger partial charge on any atom is -0.497 e. The molecule has 2 heterocycles. The largest absolute Gasteiger partial charge is 0.497 e. The Labute approximate surface area is 180 Å². The molecule has 0 bridgehead atoms. The number of benzene rings is 1. The van der Waals surface area contributed by atoms with E-state index in [2.05, 4.69) is 9.98 Å². The van der Waals surface area contributed by atoms with Crippen molar-refractivity contribution in [3.05, 3.63) is 64.8 Å². The normalized spacial score (nSPS) is 23.9. The minimum absolute atomic E-state index is 0.0991. The van der Waals surface area contributed by atoms with Crippen LogP contribution in [0, 0.1) is 24.6 Å². The van der Waals surface area contributed by atoms with E-state index in [1.807, 2.05) is 26.0 Å². The van der Waals surface area contributed by atoms with Crippen molar-refractivity contribution in [3.8, 4) is 5.75 Å². The Hall–Kier alpha value is -3.06. The molecule has 0 radical (unpaired) electrons. The average Bonchev–Trinajstić information content (AvgIpc) is 3.36. The third-order valence-electron chi connectivity index (χ3n) is 6.22. The van der Waals surface area contributed by atoms with E-state index < -0.39 is 0 Å². The number of aryl methyl sites for hydroxylation is 1. The number of aromatic nitrogens is 1. The quantitative estimate of drug-likeness (QED) is 0.718. The van der Waals surface area contributed by atoms with Crippen LogP contribution in [0.5, 0.6) is 5.75 Å². The number of halogens is 1. The molecule has 7 heteroatoms. The number of allylic oxidation sites excluding steroid dienone is 3. The monoisotopic (exact) mass is 423 g/mol. The van der Waals surface area contributed by atoms with Crippen molar-refractivity contribution < 1.29 is 18.6 Å². The Kier molecular flexibility index (Phi) is 4.66. The van der Waals surface area contributed by atoms with Gasteiger partial charge in [0, 0.05) is 34.8 Å². The van der Waals surface area contributed by atoms with Crippen molar-refractivity contribution in [2.75, 3.05) is 13.7 Å². The minimum atomic E-state index is -0.386. The molecule has 5 rings (SSSR count). The van der Waals surface area contributed by atoms with Gasteiger partial charge in [-0.3, -0.25) is 4.99 Å². The molecule has 31 heavy (non-hydrogen) atoms. The summed E-state index contributed by atoms with van der Waals surface area (Å²) >= 11 is 0. The maximum atomic E-state index is 15.1. The van der Waals surface area contributed by atoms with Gasteiger partial charge in [-0.25, -0.2) is 4.39 Å². The highest BCUT2D eigenvalue weighted by atomic mass is 19.1. The van der Waals surface area contributed by atoms with Gasteiger partial charge in [0.25, 0.3) is 0 Å². The van der Waals surface area contributed by atoms with Gasteiger partial charge >= 0.3 is 0 Å². The Morgan fingerprint density at radius 2 is 2.13 bits per heavy atom. The Bertz CT molecular complexity index is 1170. The van der Waals surface area contributed by atoms with Gasteiger partial charge in [0.1, 0.15) is 18.1 Å². The van der Waals surface area contributed by atoms with Crippen molar-refractivity contribution in [2.24, 2.45) is 22.6 Å². The van der Waals surface area contributed by atoms with Crippen LogP contribution in [-0.4, -0.2) is 30.5 Å². The van der Waals surface area contributed by atoms with E-state index in [-0.39, 0.29) is 28.9 Å². The van der Waals surface area contributed by atoms with Crippen LogP contribution < -0.4 is 10.5 Å². The number of aliphatic imine (C=N–C) groups is 1. The number of hydrogen-bond donors (Lipinski definition) is 2. The van der Waals surface area contributed by atoms with E-state index in [0.29, 0.717) is 29.3 Å². The molecule has 0 amide bonds. The summed E-state index contributed by atoms with van der Waals surface area (Å²) in [5.41, 5.74) is 8.37. The van der Waals surface area contributed by atoms with E-state index in [1.54, 1.807) is 31.5 Å². The number of aromatic amines is 1. The first kappa shape index (κ1) is 19.9. The Morgan fingerprint density at radius 3 is 2.87 bits per heavy atom. The predicted molar refractivity (Wildman–Crippen MR) is 117 cm³/mol. The van der Waals surface area contributed by atoms with Crippen LogP contribution in [0.25, 0.3) is 10.9 Å². The van der Waals surface area contributed by atoms with E-state index in [0.717, 1.165) is 29.7 Å². The summed E-state index contributed by atoms with van der Waals surface area (Å²) in [6.45, 7) is 4.37. The summed E-state index contributed by atoms with van der Waals surface area (Å²) in [5, 5.41) is 0.511. The van der Waals surface area contributed by atoms with Gasteiger partial charge in [0.05, 0.1) is 24.3 Å². The molecule has 1 aliphatic heterocycles. The molecule has 2 aromatic rings. The zero-order chi connectivity index (χ0) is 21.8. The number of dihydropyridines is 1. The lowest BCUT2D eigenvalue weighted by Crippen LogP contribution is -2.31. The number of ether oxygens (including phenoxy) is 3. The van der Waals surface area contributed by atoms with Gasteiger partial charge in [0.2, 0.25) is 0 Å². The van der Waals surface area contributed by atoms with Crippen LogP contribution in [0.1, 0.15) is 25.5 Å². The SMILES string of the molecule is COC1=C(OCC2(N)CC2)C=C2N=CC=C(Oc3ccc4[nH]c(C)cc4c3F)C2C1C. The second kappa shape index (κ2) is 7.27. The molecule has 162 valence electrons. The first-order chi connectivity index (χ1) is 14.9. The molecular weight excluding hydrogens is 397 g/mol. The fourth-order valence-corrected chi connectivity index (χ4v) is 4.25. The fraction of sp³-hybridized carbons (Fsp3) is 0.375. The van der Waals surface area contributed by atoms with Gasteiger partial charge in [-0.2, -0.15) is 0 Å². The van der Waals surface area contributed by atoms with Crippen LogP contribution in [0.3, 0.4) is 0 Å². The van der Waals surface area contributed by atoms with Gasteiger partial charge in [-0.05, 0) is 44.0 Å². The maximum absolute atomic E-state index is 15.1. The zero-order valence-corrected chi connectivity index (χ0v) is 17.9. The van der Waals surface area contributed by atoms with Crippen LogP contribution in [0.2, 0.25) is 0 Å². The van der Waals surface area contributed by atoms with Crippen molar-refractivity contribution in [3.63, 3.8) is 0 Å². The van der Waals surface area contributed by atoms with E-state index in [9.17, 15) is 0 Å². The van der Waals surface area contributed by atoms with Crippen molar-refractivity contribution >= 4 is 17.1 Å². The molecule has 6 nitrogen and oxygen atoms in total. The molecule has 1 saturated carbocycles. The molecule has 1 aromatic heterocycles. The van der Waals surface area contributed by atoms with Crippen LogP contribution in [-0.2, 0) is 9.47 Å².